The topological polar surface area (TPSA) is 138 Å². The Kier molecular flexibility index (Phi) is 5.47. The molecule has 31 heavy (non-hydrogen) atoms. The summed E-state index contributed by atoms with van der Waals surface area (Å²) in [5.41, 5.74) is 1.07. The van der Waals surface area contributed by atoms with Crippen molar-refractivity contribution in [3.8, 4) is 11.5 Å². The second-order valence-electron chi connectivity index (χ2n) is 6.29. The zero-order valence-electron chi connectivity index (χ0n) is 16.3. The minimum atomic E-state index is -0.579. The van der Waals surface area contributed by atoms with Gasteiger partial charge in [0.25, 0.3) is 0 Å². The summed E-state index contributed by atoms with van der Waals surface area (Å²) in [4.78, 5) is 31.0. The SMILES string of the molecule is CCOC(=O)c1ccc(Nc2ncnc(Nc3ccc4c(c3)OCO4)c2[N+](=O)[O-])cc1. The predicted molar refractivity (Wildman–Crippen MR) is 110 cm³/mol. The third kappa shape index (κ3) is 4.29. The Morgan fingerprint density at radius 2 is 1.71 bits per heavy atom. The predicted octanol–water partition coefficient (Wildman–Crippen LogP) is 3.78. The van der Waals surface area contributed by atoms with Gasteiger partial charge in [0.2, 0.25) is 18.4 Å². The Labute approximate surface area is 176 Å². The molecule has 2 heterocycles. The lowest BCUT2D eigenvalue weighted by atomic mass is 10.2. The fraction of sp³-hybridized carbons (Fsp3) is 0.150. The van der Waals surface area contributed by atoms with Crippen LogP contribution in [0.4, 0.5) is 28.7 Å². The molecule has 0 saturated carbocycles. The first kappa shape index (κ1) is 19.9. The molecule has 0 atom stereocenters. The van der Waals surface area contributed by atoms with Gasteiger partial charge in [-0.05, 0) is 43.3 Å². The van der Waals surface area contributed by atoms with E-state index in [1.807, 2.05) is 0 Å². The first-order valence-corrected chi connectivity index (χ1v) is 9.25. The Balaban J connectivity index is 1.59. The van der Waals surface area contributed by atoms with Crippen molar-refractivity contribution >= 4 is 34.7 Å². The van der Waals surface area contributed by atoms with E-state index in [2.05, 4.69) is 20.6 Å². The van der Waals surface area contributed by atoms with E-state index in [0.29, 0.717) is 28.4 Å². The Hall–Kier alpha value is -4.41. The average molecular weight is 423 g/mol. The number of rotatable bonds is 7. The smallest absolute Gasteiger partial charge is 0.353 e. The molecule has 2 N–H and O–H groups in total. The van der Waals surface area contributed by atoms with Crippen molar-refractivity contribution in [1.82, 2.24) is 9.97 Å². The largest absolute Gasteiger partial charge is 0.462 e. The number of esters is 1. The fourth-order valence-electron chi connectivity index (χ4n) is 2.89. The molecular weight excluding hydrogens is 406 g/mol. The van der Waals surface area contributed by atoms with E-state index in [0.717, 1.165) is 0 Å². The summed E-state index contributed by atoms with van der Waals surface area (Å²) < 4.78 is 15.5. The van der Waals surface area contributed by atoms with E-state index in [9.17, 15) is 14.9 Å². The van der Waals surface area contributed by atoms with Crippen LogP contribution in [0.2, 0.25) is 0 Å². The van der Waals surface area contributed by atoms with Crippen molar-refractivity contribution in [3.63, 3.8) is 0 Å². The van der Waals surface area contributed by atoms with Crippen LogP contribution in [-0.2, 0) is 4.74 Å². The van der Waals surface area contributed by atoms with E-state index < -0.39 is 10.9 Å². The van der Waals surface area contributed by atoms with Gasteiger partial charge in [-0.3, -0.25) is 10.1 Å². The lowest BCUT2D eigenvalue weighted by Crippen LogP contribution is -2.06. The van der Waals surface area contributed by atoms with Gasteiger partial charge in [0.1, 0.15) is 6.33 Å². The van der Waals surface area contributed by atoms with Crippen molar-refractivity contribution < 1.29 is 23.9 Å². The van der Waals surface area contributed by atoms with Crippen molar-refractivity contribution in [2.45, 2.75) is 6.92 Å². The van der Waals surface area contributed by atoms with Crippen LogP contribution in [0.5, 0.6) is 11.5 Å². The molecular formula is C20H17N5O6. The van der Waals surface area contributed by atoms with Gasteiger partial charge in [-0.2, -0.15) is 0 Å². The monoisotopic (exact) mass is 423 g/mol. The summed E-state index contributed by atoms with van der Waals surface area (Å²) in [5.74, 6) is 0.673. The van der Waals surface area contributed by atoms with Crippen molar-refractivity contribution in [3.05, 3.63) is 64.5 Å². The highest BCUT2D eigenvalue weighted by atomic mass is 16.7. The first-order chi connectivity index (χ1) is 15.0. The van der Waals surface area contributed by atoms with Gasteiger partial charge in [0.15, 0.2) is 11.5 Å². The quantitative estimate of drug-likeness (QED) is 0.328. The number of benzene rings is 2. The van der Waals surface area contributed by atoms with Gasteiger partial charge < -0.3 is 24.8 Å². The number of hydrogen-bond donors (Lipinski definition) is 2. The van der Waals surface area contributed by atoms with E-state index in [4.69, 9.17) is 14.2 Å². The number of nitrogens with zero attached hydrogens (tertiary/aromatic N) is 3. The highest BCUT2D eigenvalue weighted by Crippen LogP contribution is 2.37. The van der Waals surface area contributed by atoms with Crippen molar-refractivity contribution in [2.75, 3.05) is 24.0 Å². The molecule has 2 aromatic carbocycles. The Morgan fingerprint density at radius 1 is 1.06 bits per heavy atom. The molecule has 158 valence electrons. The molecule has 0 amide bonds. The van der Waals surface area contributed by atoms with E-state index in [1.165, 1.54) is 6.33 Å². The normalized spacial score (nSPS) is 11.6. The number of carbonyl (C=O) groups excluding carboxylic acids is 1. The molecule has 1 aliphatic rings. The molecule has 1 aromatic heterocycles. The maximum absolute atomic E-state index is 11.8. The number of anilines is 4. The van der Waals surface area contributed by atoms with E-state index in [1.54, 1.807) is 49.4 Å². The van der Waals surface area contributed by atoms with Crippen LogP contribution in [0.3, 0.4) is 0 Å². The average Bonchev–Trinajstić information content (AvgIpc) is 3.22. The molecule has 0 saturated heterocycles. The third-order valence-corrected chi connectivity index (χ3v) is 4.30. The standard InChI is InChI=1S/C20H17N5O6/c1-2-29-20(26)12-3-5-13(6-4-12)23-18-17(25(27)28)19(22-10-21-18)24-14-7-8-15-16(9-14)31-11-30-15/h3-10H,2,11H2,1H3,(H2,21,22,23,24). The molecule has 0 unspecified atom stereocenters. The summed E-state index contributed by atoms with van der Waals surface area (Å²) >= 11 is 0. The van der Waals surface area contributed by atoms with Crippen LogP contribution in [0.15, 0.2) is 48.8 Å². The molecule has 11 nitrogen and oxygen atoms in total. The minimum absolute atomic E-state index is 0.00418. The number of fused-ring (bicyclic) bond motifs is 1. The number of nitro groups is 1. The van der Waals surface area contributed by atoms with Gasteiger partial charge in [0.05, 0.1) is 17.1 Å². The van der Waals surface area contributed by atoms with Crippen LogP contribution in [0.25, 0.3) is 0 Å². The second kappa shape index (κ2) is 8.53. The molecule has 0 aliphatic carbocycles. The zero-order chi connectivity index (χ0) is 21.8. The molecule has 1 aliphatic heterocycles. The second-order valence-corrected chi connectivity index (χ2v) is 6.29. The van der Waals surface area contributed by atoms with Crippen molar-refractivity contribution in [2.24, 2.45) is 0 Å². The van der Waals surface area contributed by atoms with Crippen LogP contribution >= 0.6 is 0 Å². The van der Waals surface area contributed by atoms with E-state index in [-0.39, 0.29) is 30.7 Å². The molecule has 3 aromatic rings. The molecule has 0 fully saturated rings. The summed E-state index contributed by atoms with van der Waals surface area (Å²) in [7, 11) is 0. The third-order valence-electron chi connectivity index (χ3n) is 4.30. The Morgan fingerprint density at radius 3 is 2.39 bits per heavy atom. The summed E-state index contributed by atoms with van der Waals surface area (Å²) in [5, 5.41) is 17.6. The lowest BCUT2D eigenvalue weighted by Gasteiger charge is -2.11. The van der Waals surface area contributed by atoms with Crippen LogP contribution in [0.1, 0.15) is 17.3 Å². The van der Waals surface area contributed by atoms with Crippen LogP contribution in [0, 0.1) is 10.1 Å². The molecule has 0 bridgehead atoms. The molecule has 11 heteroatoms. The Bertz CT molecular complexity index is 1140. The molecule has 4 rings (SSSR count). The summed E-state index contributed by atoms with van der Waals surface area (Å²) in [6, 6.07) is 11.4. The summed E-state index contributed by atoms with van der Waals surface area (Å²) in [6.07, 6.45) is 1.21. The van der Waals surface area contributed by atoms with Crippen molar-refractivity contribution in [1.29, 1.82) is 0 Å². The highest BCUT2D eigenvalue weighted by Gasteiger charge is 2.24. The van der Waals surface area contributed by atoms with Gasteiger partial charge in [0, 0.05) is 17.4 Å². The number of hydrogen-bond acceptors (Lipinski definition) is 10. The van der Waals surface area contributed by atoms with Gasteiger partial charge in [-0.15, -0.1) is 0 Å². The number of aromatic nitrogens is 2. The van der Waals surface area contributed by atoms with Gasteiger partial charge in [-0.1, -0.05) is 0 Å². The fourth-order valence-corrected chi connectivity index (χ4v) is 2.89. The lowest BCUT2D eigenvalue weighted by molar-refractivity contribution is -0.383. The molecule has 0 spiro atoms. The summed E-state index contributed by atoms with van der Waals surface area (Å²) in [6.45, 7) is 2.11. The minimum Gasteiger partial charge on any atom is -0.462 e. The number of carbonyl (C=O) groups is 1. The molecule has 0 radical (unpaired) electrons. The number of nitrogens with one attached hydrogen (secondary N) is 2. The van der Waals surface area contributed by atoms with Crippen LogP contribution in [-0.4, -0.2) is 34.3 Å². The maximum atomic E-state index is 11.8. The zero-order valence-corrected chi connectivity index (χ0v) is 16.3. The van der Waals surface area contributed by atoms with E-state index >= 15 is 0 Å². The van der Waals surface area contributed by atoms with Gasteiger partial charge >= 0.3 is 11.7 Å². The maximum Gasteiger partial charge on any atom is 0.353 e. The first-order valence-electron chi connectivity index (χ1n) is 9.25. The van der Waals surface area contributed by atoms with Crippen LogP contribution < -0.4 is 20.1 Å². The highest BCUT2D eigenvalue weighted by molar-refractivity contribution is 5.90. The number of ether oxygens (including phenoxy) is 3. The van der Waals surface area contributed by atoms with Gasteiger partial charge in [-0.25, -0.2) is 14.8 Å².